The van der Waals surface area contributed by atoms with Crippen molar-refractivity contribution in [3.05, 3.63) is 41.6 Å². The van der Waals surface area contributed by atoms with Crippen molar-refractivity contribution in [1.29, 1.82) is 0 Å². The molecule has 0 saturated carbocycles. The molecule has 2 heterocycles. The number of likely N-dealkylation sites (tertiary alicyclic amines) is 1. The van der Waals surface area contributed by atoms with Crippen LogP contribution in [0.25, 0.3) is 0 Å². The van der Waals surface area contributed by atoms with Crippen molar-refractivity contribution < 1.29 is 9.47 Å². The zero-order valence-electron chi connectivity index (χ0n) is 18.6. The minimum Gasteiger partial charge on any atom is -0.481 e. The van der Waals surface area contributed by atoms with E-state index in [9.17, 15) is 0 Å². The SMILES string of the molecule is C#CCOc1ccc(CN2CCC(C(/C=C(/C)N=C)=NCN3CCOCC3)CC2)cc1. The highest BCUT2D eigenvalue weighted by Gasteiger charge is 2.23. The van der Waals surface area contributed by atoms with Crippen LogP contribution in [0.3, 0.4) is 0 Å². The Labute approximate surface area is 186 Å². The quantitative estimate of drug-likeness (QED) is 0.453. The lowest BCUT2D eigenvalue weighted by atomic mass is 9.91. The minimum atomic E-state index is 0.303. The van der Waals surface area contributed by atoms with Crippen LogP contribution in [0.5, 0.6) is 5.75 Å². The predicted molar refractivity (Wildman–Crippen MR) is 127 cm³/mol. The van der Waals surface area contributed by atoms with Gasteiger partial charge in [0.05, 0.1) is 19.9 Å². The molecule has 0 aromatic heterocycles. The Kier molecular flexibility index (Phi) is 9.29. The van der Waals surface area contributed by atoms with Crippen molar-refractivity contribution in [2.75, 3.05) is 52.7 Å². The Hall–Kier alpha value is -2.46. The molecule has 3 rings (SSSR count). The highest BCUT2D eigenvalue weighted by atomic mass is 16.5. The molecule has 2 aliphatic heterocycles. The third-order valence-corrected chi connectivity index (χ3v) is 5.82. The summed E-state index contributed by atoms with van der Waals surface area (Å²) in [5.74, 6) is 3.78. The van der Waals surface area contributed by atoms with Gasteiger partial charge in [-0.05, 0) is 63.3 Å². The second-order valence-corrected chi connectivity index (χ2v) is 8.09. The van der Waals surface area contributed by atoms with Crippen LogP contribution >= 0.6 is 0 Å². The van der Waals surface area contributed by atoms with E-state index in [4.69, 9.17) is 20.9 Å². The molecular formula is C25H34N4O2. The summed E-state index contributed by atoms with van der Waals surface area (Å²) in [5, 5.41) is 0. The third-order valence-electron chi connectivity index (χ3n) is 5.82. The molecule has 2 saturated heterocycles. The number of piperidine rings is 1. The highest BCUT2D eigenvalue weighted by molar-refractivity contribution is 5.97. The molecule has 6 nitrogen and oxygen atoms in total. The van der Waals surface area contributed by atoms with Crippen LogP contribution in [-0.2, 0) is 11.3 Å². The van der Waals surface area contributed by atoms with Crippen molar-refractivity contribution in [2.24, 2.45) is 15.9 Å². The predicted octanol–water partition coefficient (Wildman–Crippen LogP) is 3.25. The molecule has 0 bridgehead atoms. The Bertz CT molecular complexity index is 796. The molecule has 1 aromatic carbocycles. The van der Waals surface area contributed by atoms with Gasteiger partial charge in [-0.15, -0.1) is 6.42 Å². The first-order valence-electron chi connectivity index (χ1n) is 11.0. The van der Waals surface area contributed by atoms with E-state index in [1.807, 2.05) is 19.1 Å². The van der Waals surface area contributed by atoms with Crippen LogP contribution < -0.4 is 4.74 Å². The van der Waals surface area contributed by atoms with E-state index in [1.165, 1.54) is 5.56 Å². The number of morpholine rings is 1. The Balaban J connectivity index is 1.54. The summed E-state index contributed by atoms with van der Waals surface area (Å²) in [5.41, 5.74) is 3.38. The number of nitrogens with zero attached hydrogens (tertiary/aromatic N) is 4. The average Bonchev–Trinajstić information content (AvgIpc) is 2.82. The number of hydrogen-bond donors (Lipinski definition) is 0. The molecule has 166 valence electrons. The van der Waals surface area contributed by atoms with Crippen molar-refractivity contribution in [2.45, 2.75) is 26.3 Å². The van der Waals surface area contributed by atoms with Gasteiger partial charge in [0.1, 0.15) is 12.4 Å². The fourth-order valence-corrected chi connectivity index (χ4v) is 3.94. The first-order chi connectivity index (χ1) is 15.2. The maximum absolute atomic E-state index is 5.46. The summed E-state index contributed by atoms with van der Waals surface area (Å²) in [6.07, 6.45) is 9.56. The van der Waals surface area contributed by atoms with Crippen molar-refractivity contribution >= 4 is 12.4 Å². The number of allylic oxidation sites excluding steroid dienone is 2. The Morgan fingerprint density at radius 3 is 2.55 bits per heavy atom. The minimum absolute atomic E-state index is 0.303. The fraction of sp³-hybridized carbons (Fsp3) is 0.520. The number of hydrogen-bond acceptors (Lipinski definition) is 6. The largest absolute Gasteiger partial charge is 0.481 e. The maximum atomic E-state index is 5.46. The van der Waals surface area contributed by atoms with Crippen LogP contribution in [0.1, 0.15) is 25.3 Å². The zero-order chi connectivity index (χ0) is 21.9. The lowest BCUT2D eigenvalue weighted by Crippen LogP contribution is -2.38. The van der Waals surface area contributed by atoms with E-state index in [0.29, 0.717) is 12.5 Å². The summed E-state index contributed by atoms with van der Waals surface area (Å²) in [6, 6.07) is 8.22. The van der Waals surface area contributed by atoms with Crippen LogP contribution in [0.4, 0.5) is 0 Å². The van der Waals surface area contributed by atoms with Gasteiger partial charge in [0, 0.05) is 37.0 Å². The molecule has 2 fully saturated rings. The lowest BCUT2D eigenvalue weighted by Gasteiger charge is -2.32. The molecule has 1 aromatic rings. The van der Waals surface area contributed by atoms with E-state index in [1.54, 1.807) is 0 Å². The fourth-order valence-electron chi connectivity index (χ4n) is 3.94. The van der Waals surface area contributed by atoms with Crippen molar-refractivity contribution in [1.82, 2.24) is 9.80 Å². The van der Waals surface area contributed by atoms with Gasteiger partial charge < -0.3 is 9.47 Å². The lowest BCUT2D eigenvalue weighted by molar-refractivity contribution is 0.0393. The van der Waals surface area contributed by atoms with Crippen LogP contribution in [0, 0.1) is 18.3 Å². The second-order valence-electron chi connectivity index (χ2n) is 8.09. The maximum Gasteiger partial charge on any atom is 0.148 e. The smallest absolute Gasteiger partial charge is 0.148 e. The number of terminal acetylenes is 1. The van der Waals surface area contributed by atoms with Crippen molar-refractivity contribution in [3.8, 4) is 18.1 Å². The summed E-state index contributed by atoms with van der Waals surface area (Å²) in [4.78, 5) is 13.9. The molecule has 2 aliphatic rings. The van der Waals surface area contributed by atoms with Gasteiger partial charge in [0.15, 0.2) is 0 Å². The summed E-state index contributed by atoms with van der Waals surface area (Å²) in [6.45, 7) is 13.2. The Morgan fingerprint density at radius 1 is 1.19 bits per heavy atom. The van der Waals surface area contributed by atoms with Gasteiger partial charge in [0.2, 0.25) is 0 Å². The number of ether oxygens (including phenoxy) is 2. The summed E-state index contributed by atoms with van der Waals surface area (Å²) >= 11 is 0. The first kappa shape index (κ1) is 23.2. The highest BCUT2D eigenvalue weighted by Crippen LogP contribution is 2.23. The van der Waals surface area contributed by atoms with Gasteiger partial charge in [0.25, 0.3) is 0 Å². The van der Waals surface area contributed by atoms with Gasteiger partial charge in [-0.2, -0.15) is 0 Å². The summed E-state index contributed by atoms with van der Waals surface area (Å²) < 4.78 is 10.9. The molecule has 0 N–H and O–H groups in total. The van der Waals surface area contributed by atoms with E-state index in [-0.39, 0.29) is 0 Å². The van der Waals surface area contributed by atoms with E-state index < -0.39 is 0 Å². The molecule has 6 heteroatoms. The van der Waals surface area contributed by atoms with E-state index >= 15 is 0 Å². The topological polar surface area (TPSA) is 49.7 Å². The first-order valence-corrected chi connectivity index (χ1v) is 11.0. The Morgan fingerprint density at radius 2 is 1.90 bits per heavy atom. The molecule has 0 atom stereocenters. The summed E-state index contributed by atoms with van der Waals surface area (Å²) in [7, 11) is 0. The molecule has 0 radical (unpaired) electrons. The molecule has 0 aliphatic carbocycles. The van der Waals surface area contributed by atoms with Gasteiger partial charge in [-0.25, -0.2) is 0 Å². The van der Waals surface area contributed by atoms with Crippen LogP contribution in [0.2, 0.25) is 0 Å². The van der Waals surface area contributed by atoms with Gasteiger partial charge >= 0.3 is 0 Å². The average molecular weight is 423 g/mol. The second kappa shape index (κ2) is 12.4. The standard InChI is InChI=1S/C25H34N4O2/c1-4-15-31-24-7-5-22(6-8-24)19-28-11-9-23(10-12-28)25(18-21(2)26-3)27-20-29-13-16-30-17-14-29/h1,5-8,18,23H,3,9-17,19-20H2,2H3/b21-18-,27-25?. The number of rotatable bonds is 9. The molecular weight excluding hydrogens is 388 g/mol. The third kappa shape index (κ3) is 7.62. The van der Waals surface area contributed by atoms with Crippen LogP contribution in [0.15, 0.2) is 46.0 Å². The number of aliphatic imine (C=N–C) groups is 2. The van der Waals surface area contributed by atoms with Gasteiger partial charge in [-0.1, -0.05) is 18.1 Å². The van der Waals surface area contributed by atoms with Crippen LogP contribution in [-0.4, -0.2) is 74.9 Å². The monoisotopic (exact) mass is 422 g/mol. The van der Waals surface area contributed by atoms with E-state index in [0.717, 1.165) is 82.6 Å². The molecule has 31 heavy (non-hydrogen) atoms. The normalized spacial score (nSPS) is 19.7. The molecule has 0 spiro atoms. The molecule has 0 unspecified atom stereocenters. The number of benzene rings is 1. The van der Waals surface area contributed by atoms with Gasteiger partial charge in [-0.3, -0.25) is 19.8 Å². The molecule has 0 amide bonds. The zero-order valence-corrected chi connectivity index (χ0v) is 18.6. The van der Waals surface area contributed by atoms with Crippen molar-refractivity contribution in [3.63, 3.8) is 0 Å². The van der Waals surface area contributed by atoms with E-state index in [2.05, 4.69) is 45.6 Å².